The summed E-state index contributed by atoms with van der Waals surface area (Å²) in [5.74, 6) is 4.06. The van der Waals surface area contributed by atoms with Crippen molar-refractivity contribution < 1.29 is 0 Å². The molecule has 1 unspecified atom stereocenters. The summed E-state index contributed by atoms with van der Waals surface area (Å²) in [6.07, 6.45) is 3.71. The Labute approximate surface area is 124 Å². The second kappa shape index (κ2) is 6.03. The van der Waals surface area contributed by atoms with Crippen LogP contribution < -0.4 is 15.5 Å². The summed E-state index contributed by atoms with van der Waals surface area (Å²) in [5, 5.41) is 0. The Morgan fingerprint density at radius 3 is 2.55 bits per heavy atom. The zero-order chi connectivity index (χ0) is 13.9. The number of thioether (sulfide) groups is 1. The van der Waals surface area contributed by atoms with E-state index in [1.54, 1.807) is 0 Å². The Balaban J connectivity index is 1.85. The highest BCUT2D eigenvalue weighted by molar-refractivity contribution is 7.99. The number of hydrogen-bond donors (Lipinski definition) is 1. The van der Waals surface area contributed by atoms with E-state index in [2.05, 4.69) is 31.7 Å². The van der Waals surface area contributed by atoms with E-state index in [4.69, 9.17) is 5.73 Å². The van der Waals surface area contributed by atoms with Gasteiger partial charge in [-0.2, -0.15) is 26.7 Å². The van der Waals surface area contributed by atoms with Gasteiger partial charge in [0, 0.05) is 37.2 Å². The van der Waals surface area contributed by atoms with Gasteiger partial charge in [0.1, 0.15) is 0 Å². The number of anilines is 3. The van der Waals surface area contributed by atoms with Crippen LogP contribution in [0.5, 0.6) is 0 Å². The van der Waals surface area contributed by atoms with Gasteiger partial charge in [0.25, 0.3) is 0 Å². The van der Waals surface area contributed by atoms with Gasteiger partial charge in [0.2, 0.25) is 17.8 Å². The fraction of sp³-hybridized carbons (Fsp3) is 0.769. The van der Waals surface area contributed by atoms with Gasteiger partial charge in [0.15, 0.2) is 0 Å². The number of nitrogens with two attached hydrogens (primary N) is 1. The summed E-state index contributed by atoms with van der Waals surface area (Å²) in [7, 11) is 0. The van der Waals surface area contributed by atoms with Crippen LogP contribution in [0.15, 0.2) is 0 Å². The number of aromatic nitrogens is 3. The van der Waals surface area contributed by atoms with Crippen LogP contribution in [0, 0.1) is 0 Å². The first kappa shape index (κ1) is 13.7. The summed E-state index contributed by atoms with van der Waals surface area (Å²) in [6, 6.07) is 0.449. The Morgan fingerprint density at radius 1 is 1.05 bits per heavy atom. The molecule has 2 aliphatic heterocycles. The molecule has 0 spiro atoms. The SMILES string of the molecule is CC1CSCCN1c1nc(N)nc(N2CCCCC2)n1. The number of nitrogens with zero attached hydrogens (tertiary/aromatic N) is 5. The molecule has 6 nitrogen and oxygen atoms in total. The number of rotatable bonds is 2. The predicted octanol–water partition coefficient (Wildman–Crippen LogP) is 1.39. The van der Waals surface area contributed by atoms with Gasteiger partial charge >= 0.3 is 0 Å². The molecule has 2 aliphatic rings. The van der Waals surface area contributed by atoms with E-state index in [1.165, 1.54) is 19.3 Å². The average molecular weight is 294 g/mol. The molecule has 0 amide bonds. The maximum atomic E-state index is 5.90. The number of piperidine rings is 1. The van der Waals surface area contributed by atoms with E-state index < -0.39 is 0 Å². The molecule has 3 rings (SSSR count). The Hall–Kier alpha value is -1.24. The minimum atomic E-state index is 0.334. The van der Waals surface area contributed by atoms with Crippen LogP contribution in [-0.2, 0) is 0 Å². The van der Waals surface area contributed by atoms with E-state index in [-0.39, 0.29) is 0 Å². The maximum Gasteiger partial charge on any atom is 0.232 e. The van der Waals surface area contributed by atoms with Crippen LogP contribution in [0.2, 0.25) is 0 Å². The quantitative estimate of drug-likeness (QED) is 0.883. The second-order valence-corrected chi connectivity index (χ2v) is 6.61. The molecule has 0 radical (unpaired) electrons. The van der Waals surface area contributed by atoms with Crippen molar-refractivity contribution in [1.29, 1.82) is 0 Å². The minimum absolute atomic E-state index is 0.334. The van der Waals surface area contributed by atoms with Gasteiger partial charge < -0.3 is 15.5 Å². The van der Waals surface area contributed by atoms with Gasteiger partial charge in [-0.1, -0.05) is 0 Å². The highest BCUT2D eigenvalue weighted by Gasteiger charge is 2.23. The zero-order valence-corrected chi connectivity index (χ0v) is 12.8. The van der Waals surface area contributed by atoms with Gasteiger partial charge in [0.05, 0.1) is 0 Å². The molecule has 0 aromatic carbocycles. The van der Waals surface area contributed by atoms with Crippen LogP contribution in [0.25, 0.3) is 0 Å². The third-order valence-corrected chi connectivity index (χ3v) is 5.08. The van der Waals surface area contributed by atoms with Gasteiger partial charge in [-0.25, -0.2) is 0 Å². The Bertz CT molecular complexity index is 462. The molecular formula is C13H22N6S. The van der Waals surface area contributed by atoms with E-state index in [0.29, 0.717) is 12.0 Å². The van der Waals surface area contributed by atoms with Gasteiger partial charge in [-0.3, -0.25) is 0 Å². The largest absolute Gasteiger partial charge is 0.368 e. The third-order valence-electron chi connectivity index (χ3n) is 3.89. The summed E-state index contributed by atoms with van der Waals surface area (Å²) in [6.45, 7) is 5.24. The van der Waals surface area contributed by atoms with Crippen LogP contribution >= 0.6 is 11.8 Å². The topological polar surface area (TPSA) is 71.2 Å². The van der Waals surface area contributed by atoms with Crippen LogP contribution in [-0.4, -0.2) is 52.1 Å². The molecule has 0 aliphatic carbocycles. The molecule has 7 heteroatoms. The van der Waals surface area contributed by atoms with E-state index in [1.807, 2.05) is 11.8 Å². The summed E-state index contributed by atoms with van der Waals surface area (Å²) >= 11 is 1.98. The average Bonchev–Trinajstić information content (AvgIpc) is 2.48. The van der Waals surface area contributed by atoms with Crippen LogP contribution in [0.4, 0.5) is 17.8 Å². The monoisotopic (exact) mass is 294 g/mol. The Morgan fingerprint density at radius 2 is 1.80 bits per heavy atom. The standard InChI is InChI=1S/C13H22N6S/c1-10-9-20-8-7-19(10)13-16-11(14)15-12(17-13)18-5-3-2-4-6-18/h10H,2-9H2,1H3,(H2,14,15,16,17). The molecule has 20 heavy (non-hydrogen) atoms. The first-order chi connectivity index (χ1) is 9.74. The lowest BCUT2D eigenvalue weighted by Crippen LogP contribution is -2.42. The molecule has 1 aromatic rings. The van der Waals surface area contributed by atoms with E-state index in [9.17, 15) is 0 Å². The normalized spacial score (nSPS) is 23.9. The fourth-order valence-corrected chi connectivity index (χ4v) is 3.77. The summed E-state index contributed by atoms with van der Waals surface area (Å²) < 4.78 is 0. The van der Waals surface area contributed by atoms with Crippen molar-refractivity contribution in [3.05, 3.63) is 0 Å². The highest BCUT2D eigenvalue weighted by atomic mass is 32.2. The third kappa shape index (κ3) is 2.92. The molecule has 3 heterocycles. The lowest BCUT2D eigenvalue weighted by Gasteiger charge is -2.34. The van der Waals surface area contributed by atoms with Crippen molar-refractivity contribution in [3.8, 4) is 0 Å². The van der Waals surface area contributed by atoms with Crippen molar-refractivity contribution in [1.82, 2.24) is 15.0 Å². The molecule has 2 saturated heterocycles. The van der Waals surface area contributed by atoms with Crippen molar-refractivity contribution in [2.45, 2.75) is 32.2 Å². The first-order valence-corrected chi connectivity index (χ1v) is 8.50. The first-order valence-electron chi connectivity index (χ1n) is 7.35. The zero-order valence-electron chi connectivity index (χ0n) is 12.0. The van der Waals surface area contributed by atoms with Gasteiger partial charge in [-0.15, -0.1) is 0 Å². The van der Waals surface area contributed by atoms with Crippen LogP contribution in [0.1, 0.15) is 26.2 Å². The fourth-order valence-electron chi connectivity index (χ4n) is 2.76. The number of nitrogen functional groups attached to an aromatic ring is 1. The van der Waals surface area contributed by atoms with E-state index >= 15 is 0 Å². The molecule has 2 N–H and O–H groups in total. The summed E-state index contributed by atoms with van der Waals surface area (Å²) in [5.41, 5.74) is 5.90. The smallest absolute Gasteiger partial charge is 0.232 e. The van der Waals surface area contributed by atoms with Crippen molar-refractivity contribution in [2.24, 2.45) is 0 Å². The molecule has 0 bridgehead atoms. The van der Waals surface area contributed by atoms with Gasteiger partial charge in [-0.05, 0) is 26.2 Å². The van der Waals surface area contributed by atoms with Crippen LogP contribution in [0.3, 0.4) is 0 Å². The Kier molecular flexibility index (Phi) is 4.14. The molecule has 1 aromatic heterocycles. The highest BCUT2D eigenvalue weighted by Crippen LogP contribution is 2.24. The van der Waals surface area contributed by atoms with Crippen molar-refractivity contribution in [2.75, 3.05) is 46.7 Å². The predicted molar refractivity (Wildman–Crippen MR) is 84.4 cm³/mol. The summed E-state index contributed by atoms with van der Waals surface area (Å²) in [4.78, 5) is 17.8. The van der Waals surface area contributed by atoms with Crippen molar-refractivity contribution in [3.63, 3.8) is 0 Å². The lowest BCUT2D eigenvalue weighted by atomic mass is 10.1. The lowest BCUT2D eigenvalue weighted by molar-refractivity contribution is 0.566. The molecule has 110 valence electrons. The number of hydrogen-bond acceptors (Lipinski definition) is 7. The van der Waals surface area contributed by atoms with E-state index in [0.717, 1.165) is 43.0 Å². The second-order valence-electron chi connectivity index (χ2n) is 5.46. The molecule has 0 saturated carbocycles. The molecule has 1 atom stereocenters. The molecule has 2 fully saturated rings. The maximum absolute atomic E-state index is 5.90. The molecular weight excluding hydrogens is 272 g/mol. The minimum Gasteiger partial charge on any atom is -0.368 e. The van der Waals surface area contributed by atoms with Crippen molar-refractivity contribution >= 4 is 29.6 Å².